The smallest absolute Gasteiger partial charge is 2.00 e. The summed E-state index contributed by atoms with van der Waals surface area (Å²) in [5.41, 5.74) is 0. The van der Waals surface area contributed by atoms with Crippen molar-refractivity contribution < 1.29 is 32.8 Å². The van der Waals surface area contributed by atoms with Crippen LogP contribution in [0.2, 0.25) is 0 Å². The topological polar surface area (TPSA) is 28.5 Å². The van der Waals surface area contributed by atoms with Crippen LogP contribution in [-0.2, 0) is 32.8 Å². The van der Waals surface area contributed by atoms with E-state index in [-0.39, 0.29) is 32.8 Å². The van der Waals surface area contributed by atoms with Crippen molar-refractivity contribution in [2.75, 3.05) is 0 Å². The molecule has 0 heterocycles. The molecule has 0 radical (unpaired) electrons. The Morgan fingerprint density at radius 1 is 0.833 bits per heavy atom. The van der Waals surface area contributed by atoms with Crippen LogP contribution in [0.3, 0.4) is 0 Å². The second kappa shape index (κ2) is 180. The van der Waals surface area contributed by atoms with Crippen LogP contribution in [-0.4, -0.2) is 0 Å². The molecule has 2 heteroatoms. The second-order valence-electron chi connectivity index (χ2n) is 0. The van der Waals surface area contributed by atoms with Gasteiger partial charge in [-0.05, 0) is 0 Å². The SMILES string of the molecule is [CH2-]C.[CH2-]C.[Cd+2].[O-2]. The van der Waals surface area contributed by atoms with Crippen LogP contribution in [0.1, 0.15) is 13.8 Å². The largest absolute Gasteiger partial charge is 2.00 e. The van der Waals surface area contributed by atoms with Gasteiger partial charge in [-0.15, -0.1) is 0 Å². The average molecular weight is 187 g/mol. The first-order valence-electron chi connectivity index (χ1n) is 1.41. The first-order valence-corrected chi connectivity index (χ1v) is 1.41. The average Bonchev–Trinajstić information content (AvgIpc) is 1.50. The van der Waals surface area contributed by atoms with Gasteiger partial charge >= 0.3 is 27.3 Å². The fourth-order valence-electron chi connectivity index (χ4n) is 0. The summed E-state index contributed by atoms with van der Waals surface area (Å²) in [5.74, 6) is 0. The third kappa shape index (κ3) is 94.6. The minimum Gasteiger partial charge on any atom is -2.00 e. The standard InChI is InChI=1S/2C2H5.Cd.O/c2*1-2;;/h2*1H2,2H3;;/q2*-1;+2;-2. The molecule has 0 spiro atoms. The van der Waals surface area contributed by atoms with Crippen LogP contribution in [0, 0.1) is 13.8 Å². The fourth-order valence-corrected chi connectivity index (χ4v) is 0. The summed E-state index contributed by atoms with van der Waals surface area (Å²) in [4.78, 5) is 0. The van der Waals surface area contributed by atoms with Crippen molar-refractivity contribution in [2.24, 2.45) is 0 Å². The molecule has 0 rings (SSSR count). The van der Waals surface area contributed by atoms with E-state index < -0.39 is 0 Å². The van der Waals surface area contributed by atoms with Crippen molar-refractivity contribution in [3.63, 3.8) is 0 Å². The Kier molecular flexibility index (Phi) is 861. The molecule has 6 heavy (non-hydrogen) atoms. The molecule has 0 aliphatic rings. The molecule has 0 atom stereocenters. The molecule has 0 bridgehead atoms. The molecular weight excluding hydrogens is 176 g/mol. The summed E-state index contributed by atoms with van der Waals surface area (Å²) in [5, 5.41) is 0. The Bertz CT molecular complexity index is 7.51. The minimum absolute atomic E-state index is 0. The maximum Gasteiger partial charge on any atom is 2.00 e. The van der Waals surface area contributed by atoms with E-state index in [1.54, 1.807) is 13.8 Å². The second-order valence-corrected chi connectivity index (χ2v) is 0. The summed E-state index contributed by atoms with van der Waals surface area (Å²) < 4.78 is 0. The predicted molar refractivity (Wildman–Crippen MR) is 22.7 cm³/mol. The molecule has 1 nitrogen and oxygen atoms in total. The predicted octanol–water partition coefficient (Wildman–Crippen LogP) is 1.56. The van der Waals surface area contributed by atoms with E-state index in [9.17, 15) is 0 Å². The van der Waals surface area contributed by atoms with Crippen molar-refractivity contribution in [1.82, 2.24) is 0 Å². The van der Waals surface area contributed by atoms with E-state index in [2.05, 4.69) is 13.8 Å². The molecule has 0 aliphatic carbocycles. The zero-order valence-corrected chi connectivity index (χ0v) is 8.57. The first-order chi connectivity index (χ1) is 2.00. The number of rotatable bonds is 0. The van der Waals surface area contributed by atoms with Crippen LogP contribution in [0.15, 0.2) is 0 Å². The van der Waals surface area contributed by atoms with Crippen LogP contribution >= 0.6 is 0 Å². The van der Waals surface area contributed by atoms with Gasteiger partial charge in [-0.3, -0.25) is 0 Å². The zero-order chi connectivity index (χ0) is 4.00. The van der Waals surface area contributed by atoms with Gasteiger partial charge in [-0.2, -0.15) is 13.8 Å². The molecule has 0 aliphatic heterocycles. The molecule has 0 saturated carbocycles. The third-order valence-corrected chi connectivity index (χ3v) is 0. The summed E-state index contributed by atoms with van der Waals surface area (Å²) in [6.45, 7) is 10.0. The quantitative estimate of drug-likeness (QED) is 0.406. The molecular formula is C4H10CdO-2. The Hall–Kier alpha value is 0.882. The van der Waals surface area contributed by atoms with Gasteiger partial charge in [0.25, 0.3) is 0 Å². The Morgan fingerprint density at radius 2 is 0.833 bits per heavy atom. The van der Waals surface area contributed by atoms with Crippen molar-refractivity contribution in [2.45, 2.75) is 13.8 Å². The molecule has 0 unspecified atom stereocenters. The van der Waals surface area contributed by atoms with Crippen LogP contribution < -0.4 is 0 Å². The monoisotopic (exact) mass is 188 g/mol. The van der Waals surface area contributed by atoms with Crippen molar-refractivity contribution in [3.05, 3.63) is 13.8 Å². The fraction of sp³-hybridized carbons (Fsp3) is 0.500. The van der Waals surface area contributed by atoms with E-state index in [0.717, 1.165) is 0 Å². The Morgan fingerprint density at radius 3 is 0.833 bits per heavy atom. The van der Waals surface area contributed by atoms with Gasteiger partial charge < -0.3 is 19.3 Å². The maximum absolute atomic E-state index is 3.25. The summed E-state index contributed by atoms with van der Waals surface area (Å²) in [6.07, 6.45) is 0. The summed E-state index contributed by atoms with van der Waals surface area (Å²) in [6, 6.07) is 0. The van der Waals surface area contributed by atoms with Crippen molar-refractivity contribution in [3.8, 4) is 0 Å². The van der Waals surface area contributed by atoms with Gasteiger partial charge in [0, 0.05) is 0 Å². The van der Waals surface area contributed by atoms with Gasteiger partial charge in [0.15, 0.2) is 0 Å². The van der Waals surface area contributed by atoms with Crippen LogP contribution in [0.5, 0.6) is 0 Å². The molecule has 0 amide bonds. The summed E-state index contributed by atoms with van der Waals surface area (Å²) >= 11 is 0. The van der Waals surface area contributed by atoms with E-state index in [0.29, 0.717) is 0 Å². The zero-order valence-electron chi connectivity index (χ0n) is 4.53. The van der Waals surface area contributed by atoms with E-state index in [1.807, 2.05) is 0 Å². The van der Waals surface area contributed by atoms with E-state index >= 15 is 0 Å². The van der Waals surface area contributed by atoms with Gasteiger partial charge in [-0.1, -0.05) is 0 Å². The molecule has 0 saturated heterocycles. The normalized spacial score (nSPS) is 2.00. The Balaban J connectivity index is -0.00000000500. The van der Waals surface area contributed by atoms with Crippen molar-refractivity contribution in [1.29, 1.82) is 0 Å². The minimum atomic E-state index is 0. The molecule has 0 fully saturated rings. The van der Waals surface area contributed by atoms with Gasteiger partial charge in [-0.25, -0.2) is 0 Å². The van der Waals surface area contributed by atoms with Crippen LogP contribution in [0.25, 0.3) is 0 Å². The number of hydrogen-bond acceptors (Lipinski definition) is 0. The van der Waals surface area contributed by atoms with Gasteiger partial charge in [0.05, 0.1) is 0 Å². The van der Waals surface area contributed by atoms with Crippen molar-refractivity contribution >= 4 is 0 Å². The molecule has 36 valence electrons. The first kappa shape index (κ1) is 28.7. The van der Waals surface area contributed by atoms with Crippen LogP contribution in [0.4, 0.5) is 0 Å². The molecule has 0 N–H and O–H groups in total. The molecule has 0 aromatic carbocycles. The summed E-state index contributed by atoms with van der Waals surface area (Å²) in [7, 11) is 0. The van der Waals surface area contributed by atoms with Gasteiger partial charge in [0.1, 0.15) is 0 Å². The molecule has 0 aromatic heterocycles. The van der Waals surface area contributed by atoms with E-state index in [4.69, 9.17) is 0 Å². The maximum atomic E-state index is 3.25. The Labute approximate surface area is 60.6 Å². The molecule has 0 aromatic rings. The third-order valence-electron chi connectivity index (χ3n) is 0. The number of hydrogen-bond donors (Lipinski definition) is 0. The van der Waals surface area contributed by atoms with Gasteiger partial charge in [0.2, 0.25) is 0 Å². The van der Waals surface area contributed by atoms with E-state index in [1.165, 1.54) is 0 Å².